The van der Waals surface area contributed by atoms with Crippen LogP contribution in [0.3, 0.4) is 0 Å². The van der Waals surface area contributed by atoms with Gasteiger partial charge in [0.05, 0.1) is 22.6 Å². The van der Waals surface area contributed by atoms with E-state index in [2.05, 4.69) is 5.10 Å². The van der Waals surface area contributed by atoms with Gasteiger partial charge in [0, 0.05) is 12.1 Å². The highest BCUT2D eigenvalue weighted by Crippen LogP contribution is 2.26. The smallest absolute Gasteiger partial charge is 0.431 e. The van der Waals surface area contributed by atoms with Crippen molar-refractivity contribution in [1.29, 1.82) is 0 Å². The van der Waals surface area contributed by atoms with Crippen LogP contribution in [0.4, 0.5) is 16.2 Å². The largest absolute Gasteiger partial charge is 0.442 e. The van der Waals surface area contributed by atoms with Crippen LogP contribution >= 0.6 is 0 Å². The molecule has 2 aromatic rings. The first kappa shape index (κ1) is 21.5. The Labute approximate surface area is 166 Å². The van der Waals surface area contributed by atoms with Crippen LogP contribution in [0.25, 0.3) is 0 Å². The molecule has 0 aliphatic carbocycles. The molecular weight excluding hydrogens is 380 g/mol. The van der Waals surface area contributed by atoms with Crippen molar-refractivity contribution < 1.29 is 19.4 Å². The molecule has 2 rings (SSSR count). The van der Waals surface area contributed by atoms with Gasteiger partial charge in [0.15, 0.2) is 0 Å². The SMILES string of the molecule is CC(C)(C)OC(=O)N(Cc1ccccc1)/N=C/c1c([N+](=O)[O-])cccc1[N+](=O)[O-]. The Balaban J connectivity index is 2.45. The fourth-order valence-corrected chi connectivity index (χ4v) is 2.34. The van der Waals surface area contributed by atoms with Crippen molar-refractivity contribution in [3.63, 3.8) is 0 Å². The molecule has 0 unspecified atom stereocenters. The molecule has 152 valence electrons. The Morgan fingerprint density at radius 1 is 1.03 bits per heavy atom. The predicted octanol–water partition coefficient (Wildman–Crippen LogP) is 4.27. The molecule has 2 aromatic carbocycles. The molecule has 0 aliphatic rings. The van der Waals surface area contributed by atoms with Crippen LogP contribution in [0.1, 0.15) is 31.9 Å². The van der Waals surface area contributed by atoms with Crippen molar-refractivity contribution in [1.82, 2.24) is 5.01 Å². The summed E-state index contributed by atoms with van der Waals surface area (Å²) in [5.41, 5.74) is -1.37. The van der Waals surface area contributed by atoms with E-state index in [1.54, 1.807) is 51.1 Å². The molecule has 0 N–H and O–H groups in total. The highest BCUT2D eigenvalue weighted by atomic mass is 16.6. The van der Waals surface area contributed by atoms with E-state index in [0.29, 0.717) is 0 Å². The maximum absolute atomic E-state index is 12.5. The second kappa shape index (κ2) is 8.91. The van der Waals surface area contributed by atoms with Crippen LogP contribution in [0.5, 0.6) is 0 Å². The second-order valence-electron chi connectivity index (χ2n) is 6.99. The summed E-state index contributed by atoms with van der Waals surface area (Å²) in [5, 5.41) is 27.5. The van der Waals surface area contributed by atoms with Crippen molar-refractivity contribution in [2.24, 2.45) is 5.10 Å². The van der Waals surface area contributed by atoms with E-state index in [1.165, 1.54) is 6.07 Å². The number of nitrogens with zero attached hydrogens (tertiary/aromatic N) is 4. The Hall–Kier alpha value is -3.82. The standard InChI is InChI=1S/C19H20N4O6/c1-19(2,3)29-18(24)21(13-14-8-5-4-6-9-14)20-12-15-16(22(25)26)10-7-11-17(15)23(27)28/h4-12H,13H2,1-3H3/b20-12+. The first-order chi connectivity index (χ1) is 13.6. The molecule has 0 aliphatic heterocycles. The molecule has 0 aromatic heterocycles. The first-order valence-electron chi connectivity index (χ1n) is 8.58. The van der Waals surface area contributed by atoms with Crippen LogP contribution in [0, 0.1) is 20.2 Å². The third-order valence-corrected chi connectivity index (χ3v) is 3.56. The molecule has 29 heavy (non-hydrogen) atoms. The third-order valence-electron chi connectivity index (χ3n) is 3.56. The number of benzene rings is 2. The van der Waals surface area contributed by atoms with E-state index in [9.17, 15) is 25.0 Å². The lowest BCUT2D eigenvalue weighted by atomic mass is 10.1. The molecule has 0 fully saturated rings. The summed E-state index contributed by atoms with van der Waals surface area (Å²) in [5.74, 6) is 0. The zero-order valence-corrected chi connectivity index (χ0v) is 16.1. The minimum Gasteiger partial charge on any atom is -0.442 e. The zero-order valence-electron chi connectivity index (χ0n) is 16.1. The Bertz CT molecular complexity index is 905. The van der Waals surface area contributed by atoms with Crippen LogP contribution in [-0.2, 0) is 11.3 Å². The number of carbonyl (C=O) groups excluding carboxylic acids is 1. The summed E-state index contributed by atoms with van der Waals surface area (Å²) in [6, 6.07) is 12.4. The predicted molar refractivity (Wildman–Crippen MR) is 106 cm³/mol. The van der Waals surface area contributed by atoms with Crippen LogP contribution in [0.15, 0.2) is 53.6 Å². The highest BCUT2D eigenvalue weighted by Gasteiger charge is 2.25. The number of hydrogen-bond acceptors (Lipinski definition) is 7. The number of nitro benzene ring substituents is 2. The van der Waals surface area contributed by atoms with Crippen molar-refractivity contribution in [2.75, 3.05) is 0 Å². The van der Waals surface area contributed by atoms with Gasteiger partial charge < -0.3 is 4.74 Å². The average Bonchev–Trinajstić information content (AvgIpc) is 2.64. The van der Waals surface area contributed by atoms with E-state index in [0.717, 1.165) is 28.9 Å². The highest BCUT2D eigenvalue weighted by molar-refractivity contribution is 5.91. The van der Waals surface area contributed by atoms with E-state index in [1.807, 2.05) is 0 Å². The number of rotatable bonds is 6. The number of amides is 1. The van der Waals surface area contributed by atoms with Gasteiger partial charge in [-0.05, 0) is 32.4 Å². The summed E-state index contributed by atoms with van der Waals surface area (Å²) >= 11 is 0. The van der Waals surface area contributed by atoms with Gasteiger partial charge in [-0.2, -0.15) is 10.1 Å². The molecule has 0 saturated carbocycles. The number of hydrazone groups is 1. The van der Waals surface area contributed by atoms with Crippen LogP contribution < -0.4 is 0 Å². The number of carbonyl (C=O) groups is 1. The Morgan fingerprint density at radius 3 is 2.07 bits per heavy atom. The normalized spacial score (nSPS) is 11.3. The minimum absolute atomic E-state index is 0.0146. The molecule has 1 amide bonds. The number of nitro groups is 2. The molecular formula is C19H20N4O6. The third kappa shape index (κ3) is 6.09. The van der Waals surface area contributed by atoms with Gasteiger partial charge >= 0.3 is 6.09 Å². The zero-order chi connectivity index (χ0) is 21.6. The maximum atomic E-state index is 12.5. The minimum atomic E-state index is -0.799. The molecule has 0 radical (unpaired) electrons. The van der Waals surface area contributed by atoms with Gasteiger partial charge in [-0.1, -0.05) is 30.3 Å². The van der Waals surface area contributed by atoms with Crippen molar-refractivity contribution in [3.05, 3.63) is 79.9 Å². The van der Waals surface area contributed by atoms with E-state index >= 15 is 0 Å². The van der Waals surface area contributed by atoms with Gasteiger partial charge in [0.25, 0.3) is 11.4 Å². The molecule has 0 atom stereocenters. The fraction of sp³-hybridized carbons (Fsp3) is 0.263. The lowest BCUT2D eigenvalue weighted by molar-refractivity contribution is -0.394. The van der Waals surface area contributed by atoms with Gasteiger partial charge in [-0.25, -0.2) is 4.79 Å². The first-order valence-corrected chi connectivity index (χ1v) is 8.58. The molecule has 0 bridgehead atoms. The van der Waals surface area contributed by atoms with E-state index < -0.39 is 32.9 Å². The lowest BCUT2D eigenvalue weighted by Gasteiger charge is -2.24. The second-order valence-corrected chi connectivity index (χ2v) is 6.99. The number of ether oxygens (including phenoxy) is 1. The van der Waals surface area contributed by atoms with E-state index in [4.69, 9.17) is 4.74 Å². The van der Waals surface area contributed by atoms with E-state index in [-0.39, 0.29) is 12.1 Å². The molecule has 10 heteroatoms. The van der Waals surface area contributed by atoms with Gasteiger partial charge in [-0.15, -0.1) is 0 Å². The maximum Gasteiger partial charge on any atom is 0.431 e. The van der Waals surface area contributed by atoms with Crippen LogP contribution in [-0.4, -0.2) is 32.8 Å². The Morgan fingerprint density at radius 2 is 1.59 bits per heavy atom. The van der Waals surface area contributed by atoms with Crippen molar-refractivity contribution in [2.45, 2.75) is 32.9 Å². The molecule has 0 heterocycles. The summed E-state index contributed by atoms with van der Waals surface area (Å²) in [4.78, 5) is 33.6. The summed E-state index contributed by atoms with van der Waals surface area (Å²) in [6.45, 7) is 5.06. The van der Waals surface area contributed by atoms with Crippen molar-refractivity contribution >= 4 is 23.7 Å². The molecule has 0 saturated heterocycles. The summed E-state index contributed by atoms with van der Waals surface area (Å²) in [7, 11) is 0. The number of hydrogen-bond donors (Lipinski definition) is 0. The van der Waals surface area contributed by atoms with Gasteiger partial charge in [-0.3, -0.25) is 20.2 Å². The quantitative estimate of drug-likeness (QED) is 0.404. The monoisotopic (exact) mass is 400 g/mol. The molecule has 0 spiro atoms. The molecule has 10 nitrogen and oxygen atoms in total. The van der Waals surface area contributed by atoms with Gasteiger partial charge in [0.2, 0.25) is 0 Å². The summed E-state index contributed by atoms with van der Waals surface area (Å²) in [6.07, 6.45) is 0.141. The average molecular weight is 400 g/mol. The lowest BCUT2D eigenvalue weighted by Crippen LogP contribution is -2.33. The van der Waals surface area contributed by atoms with Crippen LogP contribution in [0.2, 0.25) is 0 Å². The fourth-order valence-electron chi connectivity index (χ4n) is 2.34. The van der Waals surface area contributed by atoms with Gasteiger partial charge in [0.1, 0.15) is 11.2 Å². The Kier molecular flexibility index (Phi) is 6.60. The summed E-state index contributed by atoms with van der Waals surface area (Å²) < 4.78 is 5.32. The topological polar surface area (TPSA) is 128 Å². The van der Waals surface area contributed by atoms with Crippen molar-refractivity contribution in [3.8, 4) is 0 Å².